The van der Waals surface area contributed by atoms with Gasteiger partial charge in [0.05, 0.1) is 12.5 Å². The molecule has 5 heteroatoms. The first-order valence-corrected chi connectivity index (χ1v) is 6.54. The molecule has 0 aromatic carbocycles. The number of nitrogens with one attached hydrogen (secondary N) is 1. The number of esters is 1. The van der Waals surface area contributed by atoms with E-state index in [1.807, 2.05) is 13.8 Å². The van der Waals surface area contributed by atoms with E-state index in [1.54, 1.807) is 0 Å². The molecule has 0 bridgehead atoms. The molecule has 0 unspecified atom stereocenters. The third-order valence-electron chi connectivity index (χ3n) is 4.26. The second-order valence-electron chi connectivity index (χ2n) is 6.06. The van der Waals surface area contributed by atoms with Crippen molar-refractivity contribution < 1.29 is 9.53 Å². The zero-order valence-electron chi connectivity index (χ0n) is 11.6. The minimum absolute atomic E-state index is 0. The fraction of sp³-hybridized carbons (Fsp3) is 0.923. The Balaban J connectivity index is 0.00000162. The highest BCUT2D eigenvalue weighted by Gasteiger charge is 2.37. The molecule has 0 spiro atoms. The Labute approximate surface area is 116 Å². The second-order valence-corrected chi connectivity index (χ2v) is 6.06. The second kappa shape index (κ2) is 6.22. The molecule has 0 aromatic heterocycles. The molecule has 0 radical (unpaired) electrons. The summed E-state index contributed by atoms with van der Waals surface area (Å²) in [5.41, 5.74) is -0.356. The minimum Gasteiger partial charge on any atom is -0.469 e. The van der Waals surface area contributed by atoms with E-state index in [9.17, 15) is 4.79 Å². The van der Waals surface area contributed by atoms with E-state index in [2.05, 4.69) is 10.2 Å². The van der Waals surface area contributed by atoms with E-state index in [-0.39, 0.29) is 23.8 Å². The number of likely N-dealkylation sites (tertiary alicyclic amines) is 1. The summed E-state index contributed by atoms with van der Waals surface area (Å²) in [4.78, 5) is 14.1. The lowest BCUT2D eigenvalue weighted by Gasteiger charge is -2.25. The van der Waals surface area contributed by atoms with Gasteiger partial charge in [0.1, 0.15) is 0 Å². The van der Waals surface area contributed by atoms with Gasteiger partial charge >= 0.3 is 5.97 Å². The summed E-state index contributed by atoms with van der Waals surface area (Å²) < 4.78 is 4.84. The van der Waals surface area contributed by atoms with Gasteiger partial charge in [0, 0.05) is 13.1 Å². The first kappa shape index (κ1) is 15.7. The quantitative estimate of drug-likeness (QED) is 0.782. The maximum Gasteiger partial charge on any atom is 0.311 e. The first-order chi connectivity index (χ1) is 8.03. The van der Waals surface area contributed by atoms with Crippen molar-refractivity contribution >= 4 is 18.4 Å². The number of carbonyl (C=O) groups excluding carboxylic acids is 1. The van der Waals surface area contributed by atoms with Crippen molar-refractivity contribution in [2.24, 2.45) is 17.3 Å². The molecule has 2 atom stereocenters. The van der Waals surface area contributed by atoms with E-state index in [1.165, 1.54) is 33.3 Å². The number of nitrogens with zero attached hydrogens (tertiary/aromatic N) is 1. The maximum absolute atomic E-state index is 11.6. The summed E-state index contributed by atoms with van der Waals surface area (Å²) in [6, 6.07) is 0. The van der Waals surface area contributed by atoms with Gasteiger partial charge in [-0.2, -0.15) is 0 Å². The zero-order valence-corrected chi connectivity index (χ0v) is 12.4. The van der Waals surface area contributed by atoms with E-state index in [0.717, 1.165) is 24.8 Å². The topological polar surface area (TPSA) is 41.6 Å². The number of hydrogen-bond donors (Lipinski definition) is 1. The van der Waals surface area contributed by atoms with Crippen LogP contribution in [0.25, 0.3) is 0 Å². The summed E-state index contributed by atoms with van der Waals surface area (Å²) in [5, 5.41) is 3.44. The smallest absolute Gasteiger partial charge is 0.311 e. The number of halogens is 1. The molecule has 2 aliphatic heterocycles. The monoisotopic (exact) mass is 276 g/mol. The molecule has 2 heterocycles. The van der Waals surface area contributed by atoms with Crippen LogP contribution < -0.4 is 5.32 Å². The Morgan fingerprint density at radius 3 is 2.39 bits per heavy atom. The van der Waals surface area contributed by atoms with Crippen molar-refractivity contribution in [1.82, 2.24) is 10.2 Å². The predicted molar refractivity (Wildman–Crippen MR) is 74.0 cm³/mol. The summed E-state index contributed by atoms with van der Waals surface area (Å²) in [5.74, 6) is 1.56. The van der Waals surface area contributed by atoms with Crippen molar-refractivity contribution in [3.63, 3.8) is 0 Å². The largest absolute Gasteiger partial charge is 0.469 e. The lowest BCUT2D eigenvalue weighted by Crippen LogP contribution is -2.33. The summed E-state index contributed by atoms with van der Waals surface area (Å²) in [6.45, 7) is 9.66. The number of methoxy groups -OCH3 is 1. The summed E-state index contributed by atoms with van der Waals surface area (Å²) >= 11 is 0. The van der Waals surface area contributed by atoms with Gasteiger partial charge in [-0.1, -0.05) is 0 Å². The molecule has 0 saturated carbocycles. The molecule has 0 amide bonds. The molecule has 106 valence electrons. The van der Waals surface area contributed by atoms with Crippen LogP contribution in [0.1, 0.15) is 20.3 Å². The van der Waals surface area contributed by atoms with Crippen LogP contribution in [-0.2, 0) is 9.53 Å². The third kappa shape index (κ3) is 3.37. The van der Waals surface area contributed by atoms with Crippen LogP contribution >= 0.6 is 12.4 Å². The van der Waals surface area contributed by atoms with Crippen molar-refractivity contribution in [1.29, 1.82) is 0 Å². The molecule has 0 aromatic rings. The van der Waals surface area contributed by atoms with Gasteiger partial charge in [-0.15, -0.1) is 12.4 Å². The highest BCUT2D eigenvalue weighted by Crippen LogP contribution is 2.28. The zero-order chi connectivity index (χ0) is 12.5. The maximum atomic E-state index is 11.6. The number of rotatable bonds is 4. The lowest BCUT2D eigenvalue weighted by atomic mass is 9.89. The van der Waals surface area contributed by atoms with Gasteiger partial charge in [0.2, 0.25) is 0 Å². The Hall–Kier alpha value is -0.320. The average molecular weight is 277 g/mol. The normalized spacial score (nSPS) is 27.7. The minimum atomic E-state index is -0.356. The van der Waals surface area contributed by atoms with Crippen LogP contribution in [0.15, 0.2) is 0 Å². The van der Waals surface area contributed by atoms with E-state index in [4.69, 9.17) is 4.74 Å². The molecule has 1 N–H and O–H groups in total. The van der Waals surface area contributed by atoms with Gasteiger partial charge in [0.15, 0.2) is 0 Å². The third-order valence-corrected chi connectivity index (χ3v) is 4.26. The van der Waals surface area contributed by atoms with E-state index in [0.29, 0.717) is 0 Å². The van der Waals surface area contributed by atoms with Crippen LogP contribution in [0.3, 0.4) is 0 Å². The van der Waals surface area contributed by atoms with Gasteiger partial charge in [0.25, 0.3) is 0 Å². The van der Waals surface area contributed by atoms with Crippen LogP contribution in [-0.4, -0.2) is 50.7 Å². The number of carbonyl (C=O) groups is 1. The Morgan fingerprint density at radius 1 is 1.33 bits per heavy atom. The van der Waals surface area contributed by atoms with Gasteiger partial charge < -0.3 is 15.0 Å². The molecular weight excluding hydrogens is 252 g/mol. The van der Waals surface area contributed by atoms with Crippen LogP contribution in [0.5, 0.6) is 0 Å². The summed E-state index contributed by atoms with van der Waals surface area (Å²) in [6.07, 6.45) is 0.881. The Kier molecular flexibility index (Phi) is 5.44. The fourth-order valence-corrected chi connectivity index (χ4v) is 2.95. The SMILES string of the molecule is COC(=O)C(C)(C)CCN1C[C@H]2CNC[C@H]2C1.Cl. The van der Waals surface area contributed by atoms with Gasteiger partial charge in [-0.05, 0) is 51.7 Å². The Bertz CT molecular complexity index is 285. The molecule has 2 fully saturated rings. The highest BCUT2D eigenvalue weighted by molar-refractivity contribution is 5.85. The molecule has 2 rings (SSSR count). The van der Waals surface area contributed by atoms with Crippen LogP contribution in [0.4, 0.5) is 0 Å². The molecular formula is C13H25ClN2O2. The van der Waals surface area contributed by atoms with E-state index >= 15 is 0 Å². The van der Waals surface area contributed by atoms with E-state index < -0.39 is 0 Å². The number of hydrogen-bond acceptors (Lipinski definition) is 4. The first-order valence-electron chi connectivity index (χ1n) is 6.54. The average Bonchev–Trinajstić information content (AvgIpc) is 2.85. The molecule has 2 saturated heterocycles. The van der Waals surface area contributed by atoms with Gasteiger partial charge in [-0.25, -0.2) is 0 Å². The molecule has 2 aliphatic rings. The summed E-state index contributed by atoms with van der Waals surface area (Å²) in [7, 11) is 1.47. The van der Waals surface area contributed by atoms with Crippen molar-refractivity contribution in [2.45, 2.75) is 20.3 Å². The van der Waals surface area contributed by atoms with Crippen LogP contribution in [0, 0.1) is 17.3 Å². The lowest BCUT2D eigenvalue weighted by molar-refractivity contribution is -0.151. The van der Waals surface area contributed by atoms with Crippen LogP contribution in [0.2, 0.25) is 0 Å². The predicted octanol–water partition coefficient (Wildman–Crippen LogP) is 1.15. The molecule has 0 aliphatic carbocycles. The Morgan fingerprint density at radius 2 is 1.89 bits per heavy atom. The van der Waals surface area contributed by atoms with Crippen molar-refractivity contribution in [3.05, 3.63) is 0 Å². The van der Waals surface area contributed by atoms with Crippen molar-refractivity contribution in [3.8, 4) is 0 Å². The highest BCUT2D eigenvalue weighted by atomic mass is 35.5. The number of ether oxygens (including phenoxy) is 1. The molecule has 4 nitrogen and oxygen atoms in total. The van der Waals surface area contributed by atoms with Gasteiger partial charge in [-0.3, -0.25) is 4.79 Å². The molecule has 18 heavy (non-hydrogen) atoms. The fourth-order valence-electron chi connectivity index (χ4n) is 2.95. The number of fused-ring (bicyclic) bond motifs is 1. The standard InChI is InChI=1S/C13H24N2O2.ClH/c1-13(2,12(16)17-3)4-5-15-8-10-6-14-7-11(10)9-15;/h10-11,14H,4-9H2,1-3H3;1H/t10-,11+;. The van der Waals surface area contributed by atoms with Crippen molar-refractivity contribution in [2.75, 3.05) is 39.8 Å².